The Hall–Kier alpha value is 0.430. The minimum atomic E-state index is -0.367. The van der Waals surface area contributed by atoms with Crippen LogP contribution in [0.5, 0.6) is 0 Å². The molecule has 0 amide bonds. The van der Waals surface area contributed by atoms with Crippen molar-refractivity contribution in [1.82, 2.24) is 0 Å². The Balaban J connectivity index is 3.05. The number of halogens is 2. The summed E-state index contributed by atoms with van der Waals surface area (Å²) < 4.78 is 4.68. The van der Waals surface area contributed by atoms with Crippen molar-refractivity contribution in [1.29, 1.82) is 0 Å². The number of carbonyl (C=O) groups excluding carboxylic acids is 1. The van der Waals surface area contributed by atoms with Crippen LogP contribution in [0.2, 0.25) is 0 Å². The van der Waals surface area contributed by atoms with Gasteiger partial charge in [0.1, 0.15) is 0 Å². The molecule has 0 unspecified atom stereocenters. The monoisotopic (exact) mass is 384 g/mol. The van der Waals surface area contributed by atoms with E-state index in [1.165, 1.54) is 51.4 Å². The molecule has 0 rings (SSSR count). The van der Waals surface area contributed by atoms with Crippen molar-refractivity contribution >= 4 is 37.8 Å². The van der Waals surface area contributed by atoms with Crippen LogP contribution in [0.15, 0.2) is 0 Å². The first kappa shape index (κ1) is 18.4. The summed E-state index contributed by atoms with van der Waals surface area (Å²) in [6, 6.07) is 0. The standard InChI is InChI=1S/C14H26Br2O2/c1-2-3-4-5-6-7-8-9-10-11-12-18-14(17)13(15)16/h13H,2-12H2,1H3. The van der Waals surface area contributed by atoms with E-state index in [1.54, 1.807) is 0 Å². The van der Waals surface area contributed by atoms with Gasteiger partial charge in [-0.1, -0.05) is 96.6 Å². The van der Waals surface area contributed by atoms with Crippen LogP contribution in [0.1, 0.15) is 71.1 Å². The third kappa shape index (κ3) is 12.9. The summed E-state index contributed by atoms with van der Waals surface area (Å²) in [6.45, 7) is 2.79. The number of hydrogen-bond acceptors (Lipinski definition) is 2. The molecule has 0 radical (unpaired) electrons. The Labute approximate surface area is 128 Å². The minimum absolute atomic E-state index is 0.231. The predicted octanol–water partition coefficient (Wildman–Crippen LogP) is 5.57. The van der Waals surface area contributed by atoms with E-state index in [0.717, 1.165) is 12.8 Å². The Kier molecular flexibility index (Phi) is 14.2. The van der Waals surface area contributed by atoms with Crippen LogP contribution in [-0.2, 0) is 9.53 Å². The van der Waals surface area contributed by atoms with Gasteiger partial charge in [0.05, 0.1) is 6.61 Å². The Morgan fingerprint density at radius 2 is 1.33 bits per heavy atom. The van der Waals surface area contributed by atoms with Gasteiger partial charge in [-0.2, -0.15) is 0 Å². The molecule has 0 bridgehead atoms. The summed E-state index contributed by atoms with van der Waals surface area (Å²) in [7, 11) is 0. The molecule has 0 aliphatic heterocycles. The van der Waals surface area contributed by atoms with E-state index in [-0.39, 0.29) is 9.71 Å². The maximum atomic E-state index is 11.1. The second-order valence-corrected chi connectivity index (χ2v) is 7.71. The quantitative estimate of drug-likeness (QED) is 0.249. The smallest absolute Gasteiger partial charge is 0.330 e. The van der Waals surface area contributed by atoms with E-state index in [9.17, 15) is 4.79 Å². The molecule has 0 aromatic carbocycles. The molecule has 0 aromatic heterocycles. The normalized spacial score (nSPS) is 10.9. The fourth-order valence-electron chi connectivity index (χ4n) is 1.83. The van der Waals surface area contributed by atoms with Crippen molar-refractivity contribution in [3.8, 4) is 0 Å². The summed E-state index contributed by atoms with van der Waals surface area (Å²) >= 11 is 6.22. The summed E-state index contributed by atoms with van der Waals surface area (Å²) in [5.74, 6) is -0.231. The van der Waals surface area contributed by atoms with Gasteiger partial charge in [0, 0.05) is 0 Å². The molecule has 0 atom stereocenters. The van der Waals surface area contributed by atoms with Crippen molar-refractivity contribution in [2.24, 2.45) is 0 Å². The lowest BCUT2D eigenvalue weighted by atomic mass is 10.1. The highest BCUT2D eigenvalue weighted by Gasteiger charge is 2.10. The fraction of sp³-hybridized carbons (Fsp3) is 0.929. The van der Waals surface area contributed by atoms with E-state index in [4.69, 9.17) is 4.74 Å². The van der Waals surface area contributed by atoms with Crippen LogP contribution in [-0.4, -0.2) is 16.3 Å². The molecule has 0 aliphatic carbocycles. The Morgan fingerprint density at radius 3 is 1.78 bits per heavy atom. The van der Waals surface area contributed by atoms with Gasteiger partial charge in [0.15, 0.2) is 3.74 Å². The number of esters is 1. The van der Waals surface area contributed by atoms with E-state index >= 15 is 0 Å². The first-order valence-electron chi connectivity index (χ1n) is 7.13. The molecule has 18 heavy (non-hydrogen) atoms. The zero-order valence-electron chi connectivity index (χ0n) is 11.4. The summed E-state index contributed by atoms with van der Waals surface area (Å²) in [4.78, 5) is 11.1. The molecule has 108 valence electrons. The van der Waals surface area contributed by atoms with Crippen molar-refractivity contribution < 1.29 is 9.53 Å². The van der Waals surface area contributed by atoms with Crippen molar-refractivity contribution in [2.45, 2.75) is 74.9 Å². The maximum Gasteiger partial charge on any atom is 0.330 e. The number of hydrogen-bond donors (Lipinski definition) is 0. The summed E-state index contributed by atoms with van der Waals surface area (Å²) in [5, 5.41) is 0. The molecule has 0 saturated carbocycles. The second kappa shape index (κ2) is 13.9. The van der Waals surface area contributed by atoms with Crippen LogP contribution >= 0.6 is 31.9 Å². The van der Waals surface area contributed by atoms with Crippen LogP contribution in [0, 0.1) is 0 Å². The van der Waals surface area contributed by atoms with Gasteiger partial charge in [-0.15, -0.1) is 0 Å². The maximum absolute atomic E-state index is 11.1. The third-order valence-corrected chi connectivity index (χ3v) is 3.67. The average molecular weight is 386 g/mol. The van der Waals surface area contributed by atoms with Gasteiger partial charge in [0.2, 0.25) is 0 Å². The third-order valence-electron chi connectivity index (χ3n) is 2.92. The molecule has 0 saturated heterocycles. The molecular weight excluding hydrogens is 360 g/mol. The second-order valence-electron chi connectivity index (χ2n) is 4.65. The van der Waals surface area contributed by atoms with Gasteiger partial charge in [-0.25, -0.2) is 4.79 Å². The van der Waals surface area contributed by atoms with E-state index < -0.39 is 0 Å². The van der Waals surface area contributed by atoms with Crippen molar-refractivity contribution in [3.63, 3.8) is 0 Å². The van der Waals surface area contributed by atoms with Crippen LogP contribution in [0.25, 0.3) is 0 Å². The number of carbonyl (C=O) groups is 1. The van der Waals surface area contributed by atoms with Crippen LogP contribution < -0.4 is 0 Å². The van der Waals surface area contributed by atoms with E-state index in [1.807, 2.05) is 0 Å². The molecule has 4 heteroatoms. The first-order valence-corrected chi connectivity index (χ1v) is 8.96. The first-order chi connectivity index (χ1) is 8.68. The van der Waals surface area contributed by atoms with Gasteiger partial charge >= 0.3 is 5.97 Å². The lowest BCUT2D eigenvalue weighted by molar-refractivity contribution is -0.141. The van der Waals surface area contributed by atoms with E-state index in [2.05, 4.69) is 38.8 Å². The minimum Gasteiger partial charge on any atom is -0.464 e. The largest absolute Gasteiger partial charge is 0.464 e. The highest BCUT2D eigenvalue weighted by molar-refractivity contribution is 9.25. The number of ether oxygens (including phenoxy) is 1. The van der Waals surface area contributed by atoms with Crippen molar-refractivity contribution in [2.75, 3.05) is 6.61 Å². The predicted molar refractivity (Wildman–Crippen MR) is 84.4 cm³/mol. The fourth-order valence-corrected chi connectivity index (χ4v) is 2.09. The summed E-state index contributed by atoms with van der Waals surface area (Å²) in [5.41, 5.74) is 0. The zero-order valence-corrected chi connectivity index (χ0v) is 14.6. The molecule has 0 heterocycles. The molecule has 0 aliphatic rings. The van der Waals surface area contributed by atoms with Gasteiger partial charge in [-0.05, 0) is 6.42 Å². The molecule has 0 spiro atoms. The SMILES string of the molecule is CCCCCCCCCCCCOC(=O)C(Br)Br. The Bertz CT molecular complexity index is 196. The molecular formula is C14H26Br2O2. The topological polar surface area (TPSA) is 26.3 Å². The Morgan fingerprint density at radius 1 is 0.889 bits per heavy atom. The van der Waals surface area contributed by atoms with Gasteiger partial charge in [-0.3, -0.25) is 0 Å². The van der Waals surface area contributed by atoms with Crippen molar-refractivity contribution in [3.05, 3.63) is 0 Å². The molecule has 0 fully saturated rings. The number of unbranched alkanes of at least 4 members (excludes halogenated alkanes) is 9. The summed E-state index contributed by atoms with van der Waals surface area (Å²) in [6.07, 6.45) is 13.0. The van der Waals surface area contributed by atoms with E-state index in [0.29, 0.717) is 6.61 Å². The van der Waals surface area contributed by atoms with Crippen LogP contribution in [0.3, 0.4) is 0 Å². The molecule has 0 aromatic rings. The average Bonchev–Trinajstić information content (AvgIpc) is 2.35. The van der Waals surface area contributed by atoms with Gasteiger partial charge in [0.25, 0.3) is 0 Å². The zero-order chi connectivity index (χ0) is 13.6. The lowest BCUT2D eigenvalue weighted by Crippen LogP contribution is -2.12. The van der Waals surface area contributed by atoms with Gasteiger partial charge < -0.3 is 4.74 Å². The highest BCUT2D eigenvalue weighted by atomic mass is 79.9. The number of rotatable bonds is 12. The molecule has 2 nitrogen and oxygen atoms in total. The highest BCUT2D eigenvalue weighted by Crippen LogP contribution is 2.12. The molecule has 0 N–H and O–H groups in total. The number of alkyl halides is 2. The lowest BCUT2D eigenvalue weighted by Gasteiger charge is -2.05. The van der Waals surface area contributed by atoms with Crippen LogP contribution in [0.4, 0.5) is 0 Å².